The first-order chi connectivity index (χ1) is 6.22. The van der Waals surface area contributed by atoms with Crippen LogP contribution >= 0.6 is 12.6 Å². The normalized spacial score (nSPS) is 9.69. The molecule has 0 unspecified atom stereocenters. The van der Waals surface area contributed by atoms with Crippen LogP contribution in [0.2, 0.25) is 0 Å². The summed E-state index contributed by atoms with van der Waals surface area (Å²) < 4.78 is 0. The van der Waals surface area contributed by atoms with Gasteiger partial charge in [0.15, 0.2) is 0 Å². The molecule has 0 bridgehead atoms. The van der Waals surface area contributed by atoms with Gasteiger partial charge in [0.25, 0.3) is 0 Å². The lowest BCUT2D eigenvalue weighted by Crippen LogP contribution is -2.25. The van der Waals surface area contributed by atoms with Gasteiger partial charge in [0, 0.05) is 13.6 Å². The Bertz CT molecular complexity index is 159. The van der Waals surface area contributed by atoms with Gasteiger partial charge in [-0.05, 0) is 24.7 Å². The van der Waals surface area contributed by atoms with Crippen LogP contribution < -0.4 is 0 Å². The van der Waals surface area contributed by atoms with Gasteiger partial charge in [-0.25, -0.2) is 0 Å². The van der Waals surface area contributed by atoms with E-state index in [0.29, 0.717) is 0 Å². The monoisotopic (exact) mass is 201 g/mol. The van der Waals surface area contributed by atoms with Gasteiger partial charge >= 0.3 is 0 Å². The van der Waals surface area contributed by atoms with Gasteiger partial charge in [-0.2, -0.15) is 12.6 Å². The Balaban J connectivity index is 3.31. The Morgan fingerprint density at radius 2 is 2.00 bits per heavy atom. The van der Waals surface area contributed by atoms with Crippen LogP contribution in [-0.4, -0.2) is 30.2 Å². The molecule has 0 saturated carbocycles. The lowest BCUT2D eigenvalue weighted by atomic mass is 10.2. The molecule has 2 nitrogen and oxygen atoms in total. The number of rotatable bonds is 7. The minimum Gasteiger partial charge on any atom is -0.342 e. The summed E-state index contributed by atoms with van der Waals surface area (Å²) in [6.45, 7) is 4.27. The molecule has 0 saturated heterocycles. The largest absolute Gasteiger partial charge is 0.342 e. The molecule has 0 aromatic rings. The summed E-state index contributed by atoms with van der Waals surface area (Å²) in [5, 5.41) is 0. The van der Waals surface area contributed by atoms with Gasteiger partial charge in [-0.1, -0.05) is 19.4 Å². The Kier molecular flexibility index (Phi) is 7.90. The van der Waals surface area contributed by atoms with Gasteiger partial charge < -0.3 is 4.90 Å². The van der Waals surface area contributed by atoms with Crippen LogP contribution in [0.3, 0.4) is 0 Å². The van der Waals surface area contributed by atoms with Crippen LogP contribution in [0.4, 0.5) is 0 Å². The molecular formula is C10H19NOS. The van der Waals surface area contributed by atoms with Crippen LogP contribution in [0.15, 0.2) is 12.7 Å². The molecule has 0 aliphatic carbocycles. The SMILES string of the molecule is C=CC(=O)N(C)CCCCCCS. The Morgan fingerprint density at radius 1 is 1.38 bits per heavy atom. The zero-order chi connectivity index (χ0) is 10.1. The number of hydrogen-bond donors (Lipinski definition) is 1. The number of carbonyl (C=O) groups is 1. The van der Waals surface area contributed by atoms with E-state index >= 15 is 0 Å². The summed E-state index contributed by atoms with van der Waals surface area (Å²) in [5.74, 6) is 0.968. The quantitative estimate of drug-likeness (QED) is 0.380. The van der Waals surface area contributed by atoms with Gasteiger partial charge in [0.05, 0.1) is 0 Å². The molecule has 0 fully saturated rings. The first kappa shape index (κ1) is 12.6. The molecule has 1 amide bonds. The highest BCUT2D eigenvalue weighted by Crippen LogP contribution is 2.02. The van der Waals surface area contributed by atoms with E-state index in [1.54, 1.807) is 4.90 Å². The summed E-state index contributed by atoms with van der Waals surface area (Å²) in [6, 6.07) is 0. The van der Waals surface area contributed by atoms with Gasteiger partial charge in [-0.15, -0.1) is 0 Å². The van der Waals surface area contributed by atoms with E-state index in [0.717, 1.165) is 18.7 Å². The fourth-order valence-corrected chi connectivity index (χ4v) is 1.30. The summed E-state index contributed by atoms with van der Waals surface area (Å²) in [4.78, 5) is 12.7. The third-order valence-electron chi connectivity index (χ3n) is 1.95. The lowest BCUT2D eigenvalue weighted by Gasteiger charge is -2.14. The molecule has 0 rings (SSSR count). The predicted octanol–water partition coefficient (Wildman–Crippen LogP) is 2.12. The molecule has 0 aromatic heterocycles. The molecule has 0 N–H and O–H groups in total. The summed E-state index contributed by atoms with van der Waals surface area (Å²) in [6.07, 6.45) is 5.98. The van der Waals surface area contributed by atoms with E-state index in [4.69, 9.17) is 0 Å². The van der Waals surface area contributed by atoms with E-state index in [-0.39, 0.29) is 5.91 Å². The second-order valence-corrected chi connectivity index (χ2v) is 3.55. The molecule has 0 radical (unpaired) electrons. The van der Waals surface area contributed by atoms with Crippen LogP contribution in [0.25, 0.3) is 0 Å². The maximum atomic E-state index is 11.0. The van der Waals surface area contributed by atoms with Gasteiger partial charge in [-0.3, -0.25) is 4.79 Å². The molecule has 0 heterocycles. The standard InChI is InChI=1S/C10H19NOS/c1-3-10(12)11(2)8-6-4-5-7-9-13/h3,13H,1,4-9H2,2H3. The number of thiol groups is 1. The number of unbranched alkanes of at least 4 members (excludes halogenated alkanes) is 3. The Labute approximate surface area is 86.4 Å². The zero-order valence-electron chi connectivity index (χ0n) is 8.33. The van der Waals surface area contributed by atoms with Crippen molar-refractivity contribution in [1.29, 1.82) is 0 Å². The van der Waals surface area contributed by atoms with E-state index < -0.39 is 0 Å². The molecule has 0 spiro atoms. The van der Waals surface area contributed by atoms with Crippen LogP contribution in [0.5, 0.6) is 0 Å². The maximum absolute atomic E-state index is 11.0. The van der Waals surface area contributed by atoms with Crippen molar-refractivity contribution in [3.05, 3.63) is 12.7 Å². The van der Waals surface area contributed by atoms with E-state index in [1.165, 1.54) is 25.3 Å². The summed E-state index contributed by atoms with van der Waals surface area (Å²) >= 11 is 4.13. The van der Waals surface area contributed by atoms with E-state index in [9.17, 15) is 4.79 Å². The fourth-order valence-electron chi connectivity index (χ4n) is 1.08. The molecule has 76 valence electrons. The first-order valence-electron chi connectivity index (χ1n) is 4.70. The number of likely N-dealkylation sites (N-methyl/N-ethyl adjacent to an activating group) is 1. The van der Waals surface area contributed by atoms with Crippen molar-refractivity contribution in [1.82, 2.24) is 4.90 Å². The van der Waals surface area contributed by atoms with Crippen molar-refractivity contribution in [3.63, 3.8) is 0 Å². The van der Waals surface area contributed by atoms with Gasteiger partial charge in [0.2, 0.25) is 5.91 Å². The molecule has 3 heteroatoms. The average Bonchev–Trinajstić information content (AvgIpc) is 2.16. The summed E-state index contributed by atoms with van der Waals surface area (Å²) in [7, 11) is 1.81. The molecule has 0 aliphatic rings. The highest BCUT2D eigenvalue weighted by molar-refractivity contribution is 7.80. The average molecular weight is 201 g/mol. The second kappa shape index (κ2) is 8.17. The molecular weight excluding hydrogens is 182 g/mol. The third-order valence-corrected chi connectivity index (χ3v) is 2.27. The highest BCUT2D eigenvalue weighted by atomic mass is 32.1. The Hall–Kier alpha value is -0.440. The number of nitrogens with zero attached hydrogens (tertiary/aromatic N) is 1. The van der Waals surface area contributed by atoms with Crippen molar-refractivity contribution >= 4 is 18.5 Å². The highest BCUT2D eigenvalue weighted by Gasteiger charge is 2.01. The minimum atomic E-state index is 0.00851. The zero-order valence-corrected chi connectivity index (χ0v) is 9.22. The second-order valence-electron chi connectivity index (χ2n) is 3.10. The Morgan fingerprint density at radius 3 is 2.54 bits per heavy atom. The molecule has 0 aliphatic heterocycles. The predicted molar refractivity (Wildman–Crippen MR) is 60.2 cm³/mol. The van der Waals surface area contributed by atoms with Gasteiger partial charge in [0.1, 0.15) is 0 Å². The maximum Gasteiger partial charge on any atom is 0.245 e. The number of amides is 1. The first-order valence-corrected chi connectivity index (χ1v) is 5.34. The van der Waals surface area contributed by atoms with Crippen LogP contribution in [-0.2, 0) is 4.79 Å². The van der Waals surface area contributed by atoms with E-state index in [2.05, 4.69) is 19.2 Å². The van der Waals surface area contributed by atoms with Crippen molar-refractivity contribution in [2.75, 3.05) is 19.3 Å². The van der Waals surface area contributed by atoms with Crippen molar-refractivity contribution in [3.8, 4) is 0 Å². The van der Waals surface area contributed by atoms with Crippen molar-refractivity contribution < 1.29 is 4.79 Å². The number of hydrogen-bond acceptors (Lipinski definition) is 2. The topological polar surface area (TPSA) is 20.3 Å². The smallest absolute Gasteiger partial charge is 0.245 e. The third kappa shape index (κ3) is 6.70. The molecule has 13 heavy (non-hydrogen) atoms. The molecule has 0 aromatic carbocycles. The van der Waals surface area contributed by atoms with Crippen molar-refractivity contribution in [2.24, 2.45) is 0 Å². The lowest BCUT2D eigenvalue weighted by molar-refractivity contribution is -0.124. The fraction of sp³-hybridized carbons (Fsp3) is 0.700. The van der Waals surface area contributed by atoms with E-state index in [1.807, 2.05) is 7.05 Å². The van der Waals surface area contributed by atoms with Crippen LogP contribution in [0, 0.1) is 0 Å². The molecule has 0 atom stereocenters. The van der Waals surface area contributed by atoms with Crippen LogP contribution in [0.1, 0.15) is 25.7 Å². The number of carbonyl (C=O) groups excluding carboxylic acids is 1. The minimum absolute atomic E-state index is 0.00851. The van der Waals surface area contributed by atoms with Crippen molar-refractivity contribution in [2.45, 2.75) is 25.7 Å². The summed E-state index contributed by atoms with van der Waals surface area (Å²) in [5.41, 5.74) is 0.